The minimum Gasteiger partial charge on any atom is -0.468 e. The molecule has 2 fully saturated rings. The fraction of sp³-hybridized carbons (Fsp3) is 0.909. The number of hydrogen-bond acceptors (Lipinski definition) is 4. The van der Waals surface area contributed by atoms with Gasteiger partial charge in [0.15, 0.2) is 0 Å². The van der Waals surface area contributed by atoms with E-state index in [-0.39, 0.29) is 12.0 Å². The Morgan fingerprint density at radius 1 is 1.33 bits per heavy atom. The molecule has 1 N–H and O–H groups in total. The van der Waals surface area contributed by atoms with Crippen molar-refractivity contribution in [2.75, 3.05) is 26.7 Å². The van der Waals surface area contributed by atoms with Crippen molar-refractivity contribution in [1.82, 2.24) is 10.2 Å². The molecule has 0 unspecified atom stereocenters. The Hall–Kier alpha value is -0.610. The largest absolute Gasteiger partial charge is 0.468 e. The molecule has 4 nitrogen and oxygen atoms in total. The Morgan fingerprint density at radius 2 is 2.07 bits per heavy atom. The van der Waals surface area contributed by atoms with Crippen LogP contribution in [0.5, 0.6) is 0 Å². The summed E-state index contributed by atoms with van der Waals surface area (Å²) < 4.78 is 4.75. The molecule has 0 amide bonds. The van der Waals surface area contributed by atoms with Gasteiger partial charge in [-0.15, -0.1) is 0 Å². The number of rotatable bonds is 2. The molecule has 0 aliphatic carbocycles. The lowest BCUT2D eigenvalue weighted by Crippen LogP contribution is -2.40. The number of ether oxygens (including phenoxy) is 1. The molecule has 2 aliphatic rings. The SMILES string of the molecule is COC(=O)[C@@H]1C[C@@H](N2CCCCC2)CN1. The third-order valence-corrected chi connectivity index (χ3v) is 3.50. The van der Waals surface area contributed by atoms with Gasteiger partial charge in [-0.1, -0.05) is 6.42 Å². The highest BCUT2D eigenvalue weighted by molar-refractivity contribution is 5.76. The maximum atomic E-state index is 11.3. The first-order valence-electron chi connectivity index (χ1n) is 5.86. The summed E-state index contributed by atoms with van der Waals surface area (Å²) in [5.41, 5.74) is 0. The van der Waals surface area contributed by atoms with Crippen molar-refractivity contribution < 1.29 is 9.53 Å². The van der Waals surface area contributed by atoms with Crippen molar-refractivity contribution in [2.24, 2.45) is 0 Å². The predicted octanol–water partition coefficient (Wildman–Crippen LogP) is 0.376. The van der Waals surface area contributed by atoms with Gasteiger partial charge in [-0.05, 0) is 32.4 Å². The standard InChI is InChI=1S/C11H20N2O2/c1-15-11(14)10-7-9(8-12-10)13-5-3-2-4-6-13/h9-10,12H,2-8H2,1H3/t9-,10+/m1/s1. The van der Waals surface area contributed by atoms with Gasteiger partial charge >= 0.3 is 5.97 Å². The number of likely N-dealkylation sites (tertiary alicyclic amines) is 1. The maximum absolute atomic E-state index is 11.3. The molecular weight excluding hydrogens is 192 g/mol. The summed E-state index contributed by atoms with van der Waals surface area (Å²) in [4.78, 5) is 13.9. The lowest BCUT2D eigenvalue weighted by molar-refractivity contribution is -0.142. The van der Waals surface area contributed by atoms with Gasteiger partial charge in [0.2, 0.25) is 0 Å². The van der Waals surface area contributed by atoms with Crippen LogP contribution in [-0.4, -0.2) is 49.7 Å². The van der Waals surface area contributed by atoms with Crippen molar-refractivity contribution in [3.05, 3.63) is 0 Å². The smallest absolute Gasteiger partial charge is 0.322 e. The number of esters is 1. The van der Waals surface area contributed by atoms with Crippen molar-refractivity contribution in [3.63, 3.8) is 0 Å². The highest BCUT2D eigenvalue weighted by atomic mass is 16.5. The summed E-state index contributed by atoms with van der Waals surface area (Å²) in [5.74, 6) is -0.116. The number of nitrogens with zero attached hydrogens (tertiary/aromatic N) is 1. The molecule has 2 heterocycles. The second-order valence-electron chi connectivity index (χ2n) is 4.47. The van der Waals surface area contributed by atoms with Gasteiger partial charge in [0.1, 0.15) is 6.04 Å². The van der Waals surface area contributed by atoms with E-state index in [4.69, 9.17) is 4.74 Å². The summed E-state index contributed by atoms with van der Waals surface area (Å²) in [5, 5.41) is 3.24. The second-order valence-corrected chi connectivity index (χ2v) is 4.47. The van der Waals surface area contributed by atoms with Gasteiger partial charge in [0.25, 0.3) is 0 Å². The third-order valence-electron chi connectivity index (χ3n) is 3.50. The van der Waals surface area contributed by atoms with Gasteiger partial charge in [0.05, 0.1) is 7.11 Å². The second kappa shape index (κ2) is 4.94. The van der Waals surface area contributed by atoms with Gasteiger partial charge in [-0.25, -0.2) is 0 Å². The van der Waals surface area contributed by atoms with Crippen LogP contribution in [0.25, 0.3) is 0 Å². The number of carbonyl (C=O) groups excluding carboxylic acids is 1. The van der Waals surface area contributed by atoms with Crippen molar-refractivity contribution in [2.45, 2.75) is 37.8 Å². The molecule has 2 atom stereocenters. The topological polar surface area (TPSA) is 41.6 Å². The van der Waals surface area contributed by atoms with Crippen molar-refractivity contribution in [3.8, 4) is 0 Å². The molecule has 2 saturated heterocycles. The Balaban J connectivity index is 1.83. The molecule has 0 aromatic carbocycles. The molecule has 0 bridgehead atoms. The highest BCUT2D eigenvalue weighted by Crippen LogP contribution is 2.19. The fourth-order valence-electron chi connectivity index (χ4n) is 2.60. The van der Waals surface area contributed by atoms with Gasteiger partial charge in [0, 0.05) is 12.6 Å². The van der Waals surface area contributed by atoms with Crippen LogP contribution in [0, 0.1) is 0 Å². The van der Waals surface area contributed by atoms with E-state index in [1.165, 1.54) is 39.5 Å². The quantitative estimate of drug-likeness (QED) is 0.672. The molecule has 0 saturated carbocycles. The molecule has 4 heteroatoms. The number of methoxy groups -OCH3 is 1. The fourth-order valence-corrected chi connectivity index (χ4v) is 2.60. The van der Waals surface area contributed by atoms with Crippen LogP contribution in [0.15, 0.2) is 0 Å². The van der Waals surface area contributed by atoms with Crippen molar-refractivity contribution in [1.29, 1.82) is 0 Å². The Bertz CT molecular complexity index is 227. The van der Waals surface area contributed by atoms with Gasteiger partial charge in [-0.3, -0.25) is 9.69 Å². The number of nitrogens with one attached hydrogen (secondary N) is 1. The zero-order valence-electron chi connectivity index (χ0n) is 9.37. The summed E-state index contributed by atoms with van der Waals surface area (Å²) >= 11 is 0. The average molecular weight is 212 g/mol. The van der Waals surface area contributed by atoms with Crippen LogP contribution in [0.3, 0.4) is 0 Å². The molecule has 2 aliphatic heterocycles. The molecule has 2 rings (SSSR count). The van der Waals surface area contributed by atoms with Gasteiger partial charge in [-0.2, -0.15) is 0 Å². The predicted molar refractivity (Wildman–Crippen MR) is 57.6 cm³/mol. The molecule has 0 radical (unpaired) electrons. The third kappa shape index (κ3) is 2.49. The van der Waals surface area contributed by atoms with Crippen LogP contribution < -0.4 is 5.32 Å². The van der Waals surface area contributed by atoms with Crippen LogP contribution in [0.1, 0.15) is 25.7 Å². The first kappa shape index (κ1) is 10.9. The lowest BCUT2D eigenvalue weighted by Gasteiger charge is -2.31. The normalized spacial score (nSPS) is 32.9. The average Bonchev–Trinajstić information content (AvgIpc) is 2.78. The van der Waals surface area contributed by atoms with Crippen LogP contribution in [-0.2, 0) is 9.53 Å². The zero-order valence-corrected chi connectivity index (χ0v) is 9.37. The van der Waals surface area contributed by atoms with E-state index >= 15 is 0 Å². The monoisotopic (exact) mass is 212 g/mol. The van der Waals surface area contributed by atoms with Crippen LogP contribution in [0.2, 0.25) is 0 Å². The van der Waals surface area contributed by atoms with E-state index in [2.05, 4.69) is 10.2 Å². The number of hydrogen-bond donors (Lipinski definition) is 1. The Morgan fingerprint density at radius 3 is 2.73 bits per heavy atom. The zero-order chi connectivity index (χ0) is 10.7. The molecular formula is C11H20N2O2. The minimum atomic E-state index is -0.116. The minimum absolute atomic E-state index is 0.0815. The molecule has 15 heavy (non-hydrogen) atoms. The Labute approximate surface area is 91.0 Å². The highest BCUT2D eigenvalue weighted by Gasteiger charge is 2.33. The molecule has 0 spiro atoms. The van der Waals surface area contributed by atoms with E-state index in [0.717, 1.165) is 13.0 Å². The van der Waals surface area contributed by atoms with E-state index in [1.807, 2.05) is 0 Å². The molecule has 0 aromatic heterocycles. The van der Waals surface area contributed by atoms with E-state index < -0.39 is 0 Å². The van der Waals surface area contributed by atoms with E-state index in [1.54, 1.807) is 0 Å². The number of carbonyl (C=O) groups is 1. The maximum Gasteiger partial charge on any atom is 0.322 e. The summed E-state index contributed by atoms with van der Waals surface area (Å²) in [6, 6.07) is 0.455. The number of piperidine rings is 1. The van der Waals surface area contributed by atoms with Crippen molar-refractivity contribution >= 4 is 5.97 Å². The molecule has 0 aromatic rings. The molecule has 86 valence electrons. The first-order valence-corrected chi connectivity index (χ1v) is 5.86. The van der Waals surface area contributed by atoms with E-state index in [0.29, 0.717) is 6.04 Å². The van der Waals surface area contributed by atoms with Gasteiger partial charge < -0.3 is 10.1 Å². The van der Waals surface area contributed by atoms with E-state index in [9.17, 15) is 4.79 Å². The lowest BCUT2D eigenvalue weighted by atomic mass is 10.1. The van der Waals surface area contributed by atoms with Crippen LogP contribution >= 0.6 is 0 Å². The van der Waals surface area contributed by atoms with Crippen LogP contribution in [0.4, 0.5) is 0 Å². The Kier molecular flexibility index (Phi) is 3.59. The summed E-state index contributed by atoms with van der Waals surface area (Å²) in [6.45, 7) is 3.32. The summed E-state index contributed by atoms with van der Waals surface area (Å²) in [6.07, 6.45) is 4.88. The summed E-state index contributed by atoms with van der Waals surface area (Å²) in [7, 11) is 1.46. The first-order chi connectivity index (χ1) is 7.31.